The zero-order valence-electron chi connectivity index (χ0n) is 10.3. The zero-order valence-corrected chi connectivity index (χ0v) is 10.3. The van der Waals surface area contributed by atoms with E-state index in [1.165, 1.54) is 22.3 Å². The van der Waals surface area contributed by atoms with Crippen molar-refractivity contribution in [2.24, 2.45) is 5.73 Å². The van der Waals surface area contributed by atoms with Gasteiger partial charge in [-0.25, -0.2) is 0 Å². The molecule has 0 heterocycles. The van der Waals surface area contributed by atoms with Crippen LogP contribution < -0.4 is 5.73 Å². The average molecular weight is 207 g/mol. The van der Waals surface area contributed by atoms with Crippen LogP contribution in [0.1, 0.15) is 35.2 Å². The van der Waals surface area contributed by atoms with Gasteiger partial charge < -0.3 is 10.5 Å². The number of nitrogens with two attached hydrogens (primary N) is 1. The van der Waals surface area contributed by atoms with Crippen LogP contribution in [0.5, 0.6) is 0 Å². The van der Waals surface area contributed by atoms with Crippen molar-refractivity contribution in [1.82, 2.24) is 0 Å². The molecule has 2 unspecified atom stereocenters. The topological polar surface area (TPSA) is 35.2 Å². The molecule has 2 atom stereocenters. The monoisotopic (exact) mass is 207 g/mol. The van der Waals surface area contributed by atoms with Crippen molar-refractivity contribution >= 4 is 0 Å². The molecule has 2 nitrogen and oxygen atoms in total. The Morgan fingerprint density at radius 2 is 1.60 bits per heavy atom. The predicted molar refractivity (Wildman–Crippen MR) is 64.1 cm³/mol. The Morgan fingerprint density at radius 3 is 2.13 bits per heavy atom. The van der Waals surface area contributed by atoms with Gasteiger partial charge >= 0.3 is 0 Å². The molecular formula is C13H21NO. The van der Waals surface area contributed by atoms with Crippen molar-refractivity contribution in [3.05, 3.63) is 34.4 Å². The Kier molecular flexibility index (Phi) is 3.89. The summed E-state index contributed by atoms with van der Waals surface area (Å²) in [5.74, 6) is 0. The molecule has 0 aliphatic heterocycles. The van der Waals surface area contributed by atoms with Crippen LogP contribution in [0, 0.1) is 20.8 Å². The van der Waals surface area contributed by atoms with Crippen LogP contribution in [0.15, 0.2) is 12.1 Å². The average Bonchev–Trinajstić information content (AvgIpc) is 2.21. The molecule has 1 aromatic carbocycles. The molecule has 0 saturated heterocycles. The Balaban J connectivity index is 3.09. The lowest BCUT2D eigenvalue weighted by Crippen LogP contribution is -2.26. The summed E-state index contributed by atoms with van der Waals surface area (Å²) in [5, 5.41) is 0. The van der Waals surface area contributed by atoms with Crippen LogP contribution in [-0.4, -0.2) is 13.2 Å². The Hall–Kier alpha value is -0.860. The van der Waals surface area contributed by atoms with E-state index in [2.05, 4.69) is 32.9 Å². The number of rotatable bonds is 3. The molecule has 0 aliphatic rings. The normalized spacial score (nSPS) is 15.1. The molecule has 2 heteroatoms. The standard InChI is InChI=1S/C13H21NO/c1-8-6-10(3)12(7-9(8)2)13(14)11(4)15-5/h6-7,11,13H,14H2,1-5H3. The van der Waals surface area contributed by atoms with Crippen LogP contribution in [0.3, 0.4) is 0 Å². The first-order valence-electron chi connectivity index (χ1n) is 5.33. The Bertz CT molecular complexity index is 347. The van der Waals surface area contributed by atoms with E-state index >= 15 is 0 Å². The van der Waals surface area contributed by atoms with E-state index in [1.54, 1.807) is 7.11 Å². The third-order valence-corrected chi connectivity index (χ3v) is 3.12. The molecule has 0 saturated carbocycles. The molecule has 1 aromatic rings. The number of hydrogen-bond acceptors (Lipinski definition) is 2. The SMILES string of the molecule is COC(C)C(N)c1cc(C)c(C)cc1C. The zero-order chi connectivity index (χ0) is 11.6. The molecule has 1 rings (SSSR count). The first-order valence-corrected chi connectivity index (χ1v) is 5.33. The van der Waals surface area contributed by atoms with E-state index in [4.69, 9.17) is 10.5 Å². The Morgan fingerprint density at radius 1 is 1.07 bits per heavy atom. The number of ether oxygens (including phenoxy) is 1. The Labute approximate surface area is 92.4 Å². The van der Waals surface area contributed by atoms with Crippen molar-refractivity contribution < 1.29 is 4.74 Å². The maximum Gasteiger partial charge on any atom is 0.0735 e. The van der Waals surface area contributed by atoms with E-state index in [-0.39, 0.29) is 12.1 Å². The number of benzene rings is 1. The molecule has 0 aliphatic carbocycles. The van der Waals surface area contributed by atoms with Gasteiger partial charge in [-0.3, -0.25) is 0 Å². The second kappa shape index (κ2) is 4.77. The van der Waals surface area contributed by atoms with Crippen molar-refractivity contribution in [3.8, 4) is 0 Å². The van der Waals surface area contributed by atoms with Crippen LogP contribution in [0.4, 0.5) is 0 Å². The molecule has 0 amide bonds. The fraction of sp³-hybridized carbons (Fsp3) is 0.538. The molecule has 0 radical (unpaired) electrons. The summed E-state index contributed by atoms with van der Waals surface area (Å²) in [5.41, 5.74) is 11.2. The van der Waals surface area contributed by atoms with Crippen molar-refractivity contribution in [3.63, 3.8) is 0 Å². The maximum absolute atomic E-state index is 6.14. The second-order valence-electron chi connectivity index (χ2n) is 4.26. The molecule has 0 fully saturated rings. The van der Waals surface area contributed by atoms with Gasteiger partial charge in [0.1, 0.15) is 0 Å². The summed E-state index contributed by atoms with van der Waals surface area (Å²) in [7, 11) is 1.70. The van der Waals surface area contributed by atoms with Crippen LogP contribution in [0.2, 0.25) is 0 Å². The van der Waals surface area contributed by atoms with Gasteiger partial charge in [-0.05, 0) is 49.9 Å². The lowest BCUT2D eigenvalue weighted by molar-refractivity contribution is 0.0954. The van der Waals surface area contributed by atoms with Gasteiger partial charge in [0.25, 0.3) is 0 Å². The first-order chi connectivity index (χ1) is 6.97. The minimum absolute atomic E-state index is 0.0469. The third-order valence-electron chi connectivity index (χ3n) is 3.12. The van der Waals surface area contributed by atoms with Crippen molar-refractivity contribution in [2.45, 2.75) is 39.8 Å². The predicted octanol–water partition coefficient (Wildman–Crippen LogP) is 2.65. The van der Waals surface area contributed by atoms with E-state index in [9.17, 15) is 0 Å². The van der Waals surface area contributed by atoms with Gasteiger partial charge in [-0.15, -0.1) is 0 Å². The summed E-state index contributed by atoms with van der Waals surface area (Å²) in [6.07, 6.45) is 0.0470. The van der Waals surface area contributed by atoms with E-state index in [0.29, 0.717) is 0 Å². The molecule has 2 N–H and O–H groups in total. The van der Waals surface area contributed by atoms with E-state index in [0.717, 1.165) is 0 Å². The van der Waals surface area contributed by atoms with Gasteiger partial charge in [-0.2, -0.15) is 0 Å². The highest BCUT2D eigenvalue weighted by atomic mass is 16.5. The minimum Gasteiger partial charge on any atom is -0.380 e. The fourth-order valence-corrected chi connectivity index (χ4v) is 1.74. The number of methoxy groups -OCH3 is 1. The highest BCUT2D eigenvalue weighted by Crippen LogP contribution is 2.23. The summed E-state index contributed by atoms with van der Waals surface area (Å²) >= 11 is 0. The highest BCUT2D eigenvalue weighted by Gasteiger charge is 2.16. The van der Waals surface area contributed by atoms with Gasteiger partial charge in [0, 0.05) is 7.11 Å². The van der Waals surface area contributed by atoms with Gasteiger partial charge in [-0.1, -0.05) is 12.1 Å². The molecular weight excluding hydrogens is 186 g/mol. The van der Waals surface area contributed by atoms with Gasteiger partial charge in [0.15, 0.2) is 0 Å². The highest BCUT2D eigenvalue weighted by molar-refractivity contribution is 5.38. The quantitative estimate of drug-likeness (QED) is 0.827. The minimum atomic E-state index is -0.0469. The fourth-order valence-electron chi connectivity index (χ4n) is 1.74. The van der Waals surface area contributed by atoms with Crippen LogP contribution >= 0.6 is 0 Å². The molecule has 15 heavy (non-hydrogen) atoms. The van der Waals surface area contributed by atoms with Crippen molar-refractivity contribution in [2.75, 3.05) is 7.11 Å². The van der Waals surface area contributed by atoms with Crippen LogP contribution in [-0.2, 0) is 4.74 Å². The summed E-state index contributed by atoms with van der Waals surface area (Å²) in [6.45, 7) is 8.34. The van der Waals surface area contributed by atoms with E-state index in [1.807, 2.05) is 6.92 Å². The van der Waals surface area contributed by atoms with Gasteiger partial charge in [0.2, 0.25) is 0 Å². The first kappa shape index (κ1) is 12.2. The summed E-state index contributed by atoms with van der Waals surface area (Å²) in [6, 6.07) is 4.31. The smallest absolute Gasteiger partial charge is 0.0735 e. The molecule has 0 aromatic heterocycles. The lowest BCUT2D eigenvalue weighted by atomic mass is 9.94. The molecule has 0 spiro atoms. The summed E-state index contributed by atoms with van der Waals surface area (Å²) in [4.78, 5) is 0. The maximum atomic E-state index is 6.14. The number of hydrogen-bond donors (Lipinski definition) is 1. The third kappa shape index (κ3) is 2.58. The van der Waals surface area contributed by atoms with E-state index < -0.39 is 0 Å². The number of aryl methyl sites for hydroxylation is 3. The largest absolute Gasteiger partial charge is 0.380 e. The summed E-state index contributed by atoms with van der Waals surface area (Å²) < 4.78 is 5.27. The molecule has 84 valence electrons. The van der Waals surface area contributed by atoms with Gasteiger partial charge in [0.05, 0.1) is 12.1 Å². The lowest BCUT2D eigenvalue weighted by Gasteiger charge is -2.21. The van der Waals surface area contributed by atoms with Crippen LogP contribution in [0.25, 0.3) is 0 Å². The van der Waals surface area contributed by atoms with Crippen molar-refractivity contribution in [1.29, 1.82) is 0 Å². The second-order valence-corrected chi connectivity index (χ2v) is 4.26. The molecule has 0 bridgehead atoms.